The minimum absolute atomic E-state index is 0.189. The Morgan fingerprint density at radius 1 is 1.33 bits per heavy atom. The number of hydrogen-bond donors (Lipinski definition) is 1. The molecule has 0 aliphatic rings. The van der Waals surface area contributed by atoms with Gasteiger partial charge in [-0.15, -0.1) is 0 Å². The van der Waals surface area contributed by atoms with Crippen molar-refractivity contribution < 1.29 is 0 Å². The van der Waals surface area contributed by atoms with Crippen LogP contribution in [0.4, 0.5) is 0 Å². The minimum Gasteiger partial charge on any atom is -0.332 e. The first-order valence-corrected chi connectivity index (χ1v) is 6.76. The van der Waals surface area contributed by atoms with Crippen LogP contribution < -0.4 is 5.73 Å². The van der Waals surface area contributed by atoms with Crippen molar-refractivity contribution in [3.63, 3.8) is 0 Å². The van der Waals surface area contributed by atoms with Gasteiger partial charge in [-0.1, -0.05) is 13.8 Å². The number of aryl methyl sites for hydroxylation is 1. The van der Waals surface area contributed by atoms with E-state index in [1.54, 1.807) is 0 Å². The molecule has 2 aromatic heterocycles. The summed E-state index contributed by atoms with van der Waals surface area (Å²) in [7, 11) is 0. The van der Waals surface area contributed by atoms with Crippen molar-refractivity contribution in [2.45, 2.75) is 46.2 Å². The molecule has 0 saturated carbocycles. The van der Waals surface area contributed by atoms with Crippen molar-refractivity contribution in [1.82, 2.24) is 9.55 Å². The van der Waals surface area contributed by atoms with Gasteiger partial charge in [0.1, 0.15) is 5.65 Å². The van der Waals surface area contributed by atoms with E-state index in [0.29, 0.717) is 5.92 Å². The molecule has 0 bridgehead atoms. The maximum Gasteiger partial charge on any atom is 0.140 e. The summed E-state index contributed by atoms with van der Waals surface area (Å²) in [5.41, 5.74) is 8.33. The Morgan fingerprint density at radius 3 is 2.78 bits per heavy atom. The minimum atomic E-state index is 0.189. The van der Waals surface area contributed by atoms with Crippen LogP contribution in [0.3, 0.4) is 0 Å². The summed E-state index contributed by atoms with van der Waals surface area (Å²) >= 11 is 0. The third-order valence-corrected chi connectivity index (χ3v) is 3.21. The summed E-state index contributed by atoms with van der Waals surface area (Å²) in [6.45, 7) is 7.59. The molecule has 1 unspecified atom stereocenters. The van der Waals surface area contributed by atoms with Crippen molar-refractivity contribution in [3.8, 4) is 0 Å². The Kier molecular flexibility index (Phi) is 4.02. The molecular weight excluding hydrogens is 222 g/mol. The molecule has 0 aliphatic carbocycles. The highest BCUT2D eigenvalue weighted by molar-refractivity contribution is 5.80. The third kappa shape index (κ3) is 2.91. The van der Waals surface area contributed by atoms with E-state index < -0.39 is 0 Å². The lowest BCUT2D eigenvalue weighted by Crippen LogP contribution is -2.17. The quantitative estimate of drug-likeness (QED) is 0.880. The Balaban J connectivity index is 2.34. The molecule has 2 N–H and O–H groups in total. The van der Waals surface area contributed by atoms with E-state index >= 15 is 0 Å². The first kappa shape index (κ1) is 13.1. The second-order valence-electron chi connectivity index (χ2n) is 5.59. The molecule has 0 aliphatic heterocycles. The molecule has 1 atom stereocenters. The van der Waals surface area contributed by atoms with E-state index in [2.05, 4.69) is 35.7 Å². The Hall–Kier alpha value is -1.35. The summed E-state index contributed by atoms with van der Waals surface area (Å²) in [5.74, 6) is 0.711. The Bertz CT molecular complexity index is 511. The molecular formula is C15H23N3. The average Bonchev–Trinajstić information content (AvgIpc) is 2.65. The van der Waals surface area contributed by atoms with Gasteiger partial charge >= 0.3 is 0 Å². The zero-order valence-corrected chi connectivity index (χ0v) is 11.6. The summed E-state index contributed by atoms with van der Waals surface area (Å²) in [6, 6.07) is 4.33. The predicted octanol–water partition coefficient (Wildman–Crippen LogP) is 2.97. The molecule has 2 rings (SSSR count). The molecule has 0 aromatic carbocycles. The number of fused-ring (bicyclic) bond motifs is 1. The highest BCUT2D eigenvalue weighted by Crippen LogP contribution is 2.21. The zero-order valence-electron chi connectivity index (χ0n) is 11.6. The molecule has 98 valence electrons. The molecule has 0 fully saturated rings. The van der Waals surface area contributed by atoms with Crippen molar-refractivity contribution in [1.29, 1.82) is 0 Å². The number of hydrogen-bond acceptors (Lipinski definition) is 2. The fraction of sp³-hybridized carbons (Fsp3) is 0.533. The zero-order chi connectivity index (χ0) is 13.1. The number of nitrogens with two attached hydrogens (primary N) is 1. The van der Waals surface area contributed by atoms with Crippen molar-refractivity contribution in [2.24, 2.45) is 11.7 Å². The van der Waals surface area contributed by atoms with Gasteiger partial charge in [0.05, 0.1) is 0 Å². The molecule has 2 aromatic rings. The topological polar surface area (TPSA) is 43.8 Å². The van der Waals surface area contributed by atoms with Crippen LogP contribution in [0.5, 0.6) is 0 Å². The Morgan fingerprint density at radius 2 is 2.11 bits per heavy atom. The van der Waals surface area contributed by atoms with Crippen molar-refractivity contribution in [3.05, 3.63) is 30.1 Å². The van der Waals surface area contributed by atoms with Gasteiger partial charge in [0.15, 0.2) is 0 Å². The monoisotopic (exact) mass is 245 g/mol. The summed E-state index contributed by atoms with van der Waals surface area (Å²) in [4.78, 5) is 4.51. The predicted molar refractivity (Wildman–Crippen MR) is 76.5 cm³/mol. The first-order chi connectivity index (χ1) is 8.58. The fourth-order valence-corrected chi connectivity index (χ4v) is 2.27. The number of pyridine rings is 1. The van der Waals surface area contributed by atoms with E-state index in [1.807, 2.05) is 19.2 Å². The lowest BCUT2D eigenvalue weighted by Gasteiger charge is -2.06. The van der Waals surface area contributed by atoms with E-state index in [4.69, 9.17) is 5.73 Å². The SMILES string of the molecule is CC(C)CCn1cc(CC(C)N)c2cccnc21. The second-order valence-corrected chi connectivity index (χ2v) is 5.59. The maximum atomic E-state index is 5.92. The van der Waals surface area contributed by atoms with Crippen LogP contribution >= 0.6 is 0 Å². The van der Waals surface area contributed by atoms with Gasteiger partial charge in [0.25, 0.3) is 0 Å². The molecule has 0 amide bonds. The van der Waals surface area contributed by atoms with Gasteiger partial charge in [-0.05, 0) is 43.4 Å². The normalized spacial score (nSPS) is 13.4. The van der Waals surface area contributed by atoms with Crippen molar-refractivity contribution >= 4 is 11.0 Å². The first-order valence-electron chi connectivity index (χ1n) is 6.76. The van der Waals surface area contributed by atoms with Crippen LogP contribution in [0.25, 0.3) is 11.0 Å². The lowest BCUT2D eigenvalue weighted by atomic mass is 10.1. The standard InChI is InChI=1S/C15H23N3/c1-11(2)6-8-18-10-13(9-12(3)16)14-5-4-7-17-15(14)18/h4-5,7,10-12H,6,8-9,16H2,1-3H3. The van der Waals surface area contributed by atoms with Crippen molar-refractivity contribution in [2.75, 3.05) is 0 Å². The number of rotatable bonds is 5. The number of aromatic nitrogens is 2. The molecule has 2 heterocycles. The third-order valence-electron chi connectivity index (χ3n) is 3.21. The van der Waals surface area contributed by atoms with Gasteiger partial charge < -0.3 is 10.3 Å². The van der Waals surface area contributed by atoms with Gasteiger partial charge in [-0.25, -0.2) is 4.98 Å². The maximum absolute atomic E-state index is 5.92. The van der Waals surface area contributed by atoms with Crippen LogP contribution in [0.15, 0.2) is 24.5 Å². The van der Waals surface area contributed by atoms with Crippen LogP contribution in [-0.4, -0.2) is 15.6 Å². The Labute approximate surface area is 109 Å². The highest BCUT2D eigenvalue weighted by Gasteiger charge is 2.10. The smallest absolute Gasteiger partial charge is 0.140 e. The summed E-state index contributed by atoms with van der Waals surface area (Å²) in [5, 5.41) is 1.25. The van der Waals surface area contributed by atoms with Crippen LogP contribution in [0, 0.1) is 5.92 Å². The summed E-state index contributed by atoms with van der Waals surface area (Å²) < 4.78 is 2.27. The largest absolute Gasteiger partial charge is 0.332 e. The van der Waals surface area contributed by atoms with Crippen LogP contribution in [0.2, 0.25) is 0 Å². The molecule has 0 radical (unpaired) electrons. The fourth-order valence-electron chi connectivity index (χ4n) is 2.27. The molecule has 18 heavy (non-hydrogen) atoms. The van der Waals surface area contributed by atoms with Gasteiger partial charge in [0.2, 0.25) is 0 Å². The van der Waals surface area contributed by atoms with Crippen LogP contribution in [0.1, 0.15) is 32.8 Å². The second kappa shape index (κ2) is 5.53. The highest BCUT2D eigenvalue weighted by atomic mass is 15.0. The average molecular weight is 245 g/mol. The number of nitrogens with zero attached hydrogens (tertiary/aromatic N) is 2. The molecule has 0 saturated heterocycles. The summed E-state index contributed by atoms with van der Waals surface area (Å²) in [6.07, 6.45) is 6.18. The van der Waals surface area contributed by atoms with Gasteiger partial charge in [-0.3, -0.25) is 0 Å². The lowest BCUT2D eigenvalue weighted by molar-refractivity contribution is 0.522. The van der Waals surface area contributed by atoms with Gasteiger partial charge in [-0.2, -0.15) is 0 Å². The van der Waals surface area contributed by atoms with E-state index in [1.165, 1.54) is 17.4 Å². The molecule has 3 nitrogen and oxygen atoms in total. The molecule has 3 heteroatoms. The van der Waals surface area contributed by atoms with E-state index in [-0.39, 0.29) is 6.04 Å². The molecule has 0 spiro atoms. The van der Waals surface area contributed by atoms with Crippen LogP contribution in [-0.2, 0) is 13.0 Å². The van der Waals surface area contributed by atoms with Gasteiger partial charge in [0, 0.05) is 30.4 Å². The van der Waals surface area contributed by atoms with E-state index in [9.17, 15) is 0 Å². The van der Waals surface area contributed by atoms with E-state index in [0.717, 1.165) is 18.6 Å².